The molecule has 228 valence electrons. The van der Waals surface area contributed by atoms with Crippen molar-refractivity contribution >= 4 is 23.2 Å². The summed E-state index contributed by atoms with van der Waals surface area (Å²) < 4.78 is 13.4. The number of aliphatic imine (C=N–C) groups is 2. The fraction of sp³-hybridized carbons (Fsp3) is 0.0952. The van der Waals surface area contributed by atoms with Crippen LogP contribution in [0.1, 0.15) is 57.7 Å². The van der Waals surface area contributed by atoms with Gasteiger partial charge in [-0.2, -0.15) is 0 Å². The van der Waals surface area contributed by atoms with Crippen LogP contribution < -0.4 is 5.32 Å². The minimum absolute atomic E-state index is 0.167. The number of para-hydroxylation sites is 2. The van der Waals surface area contributed by atoms with Crippen LogP contribution in [-0.4, -0.2) is 11.8 Å². The van der Waals surface area contributed by atoms with Crippen LogP contribution in [0, 0.1) is 0 Å². The van der Waals surface area contributed by atoms with Crippen LogP contribution in [0.25, 0.3) is 0 Å². The monoisotopic (exact) mass is 611 g/mol. The highest BCUT2D eigenvalue weighted by molar-refractivity contribution is 6.04. The van der Waals surface area contributed by atoms with E-state index in [0.717, 1.165) is 44.8 Å². The number of hydrogen-bond donors (Lipinski definition) is 1. The lowest BCUT2D eigenvalue weighted by atomic mass is 9.97. The van der Waals surface area contributed by atoms with E-state index in [2.05, 4.69) is 102 Å². The Balaban J connectivity index is 1.14. The van der Waals surface area contributed by atoms with Crippen molar-refractivity contribution in [1.29, 1.82) is 0 Å². The van der Waals surface area contributed by atoms with Gasteiger partial charge in [0.2, 0.25) is 11.8 Å². The van der Waals surface area contributed by atoms with E-state index in [1.54, 1.807) is 0 Å². The molecule has 2 aliphatic rings. The highest BCUT2D eigenvalue weighted by atomic mass is 16.5. The second-order valence-corrected chi connectivity index (χ2v) is 11.7. The van der Waals surface area contributed by atoms with Crippen LogP contribution >= 0.6 is 0 Å². The van der Waals surface area contributed by atoms with Gasteiger partial charge in [-0.25, -0.2) is 9.98 Å². The molecule has 2 aliphatic heterocycles. The number of hydrogen-bond acceptors (Lipinski definition) is 5. The van der Waals surface area contributed by atoms with Gasteiger partial charge in [-0.05, 0) is 46.5 Å². The normalized spacial score (nSPS) is 20.1. The molecule has 8 rings (SSSR count). The molecule has 0 saturated carbocycles. The van der Waals surface area contributed by atoms with Crippen molar-refractivity contribution < 1.29 is 9.47 Å². The van der Waals surface area contributed by atoms with Gasteiger partial charge in [0.25, 0.3) is 0 Å². The topological polar surface area (TPSA) is 55.2 Å². The van der Waals surface area contributed by atoms with Crippen LogP contribution in [0.5, 0.6) is 0 Å². The molecule has 0 radical (unpaired) electrons. The van der Waals surface area contributed by atoms with Crippen LogP contribution in [0.4, 0.5) is 11.4 Å². The van der Waals surface area contributed by atoms with E-state index in [-0.39, 0.29) is 24.3 Å². The van der Waals surface area contributed by atoms with Crippen molar-refractivity contribution in [3.63, 3.8) is 0 Å². The van der Waals surface area contributed by atoms with Gasteiger partial charge in [0.1, 0.15) is 12.1 Å². The first kappa shape index (κ1) is 28.5. The number of ether oxygens (including phenoxy) is 2. The Labute approximate surface area is 274 Å². The minimum Gasteiger partial charge on any atom is -0.467 e. The first-order valence-corrected chi connectivity index (χ1v) is 16.0. The zero-order valence-corrected chi connectivity index (χ0v) is 25.7. The molecule has 47 heavy (non-hydrogen) atoms. The Morgan fingerprint density at radius 1 is 0.362 bits per heavy atom. The third-order valence-electron chi connectivity index (χ3n) is 8.69. The molecule has 0 fully saturated rings. The molecule has 4 atom stereocenters. The third-order valence-corrected chi connectivity index (χ3v) is 8.69. The molecule has 0 spiro atoms. The summed E-state index contributed by atoms with van der Waals surface area (Å²) >= 11 is 0. The zero-order chi connectivity index (χ0) is 31.4. The Hall–Kier alpha value is -5.94. The van der Waals surface area contributed by atoms with Gasteiger partial charge in [-0.1, -0.05) is 146 Å². The predicted octanol–water partition coefficient (Wildman–Crippen LogP) is 9.95. The molecule has 1 N–H and O–H groups in total. The summed E-state index contributed by atoms with van der Waals surface area (Å²) in [5.74, 6) is 1.21. The highest BCUT2D eigenvalue weighted by Crippen LogP contribution is 2.44. The molecular formula is C42H33N3O2. The van der Waals surface area contributed by atoms with E-state index >= 15 is 0 Å². The molecule has 0 aliphatic carbocycles. The second kappa shape index (κ2) is 12.8. The average Bonchev–Trinajstić information content (AvgIpc) is 3.80. The number of anilines is 2. The number of nitrogens with zero attached hydrogens (tertiary/aromatic N) is 2. The second-order valence-electron chi connectivity index (χ2n) is 11.7. The number of nitrogens with one attached hydrogen (secondary N) is 1. The predicted molar refractivity (Wildman–Crippen MR) is 188 cm³/mol. The van der Waals surface area contributed by atoms with Crippen molar-refractivity contribution in [3.05, 3.63) is 203 Å². The Morgan fingerprint density at radius 2 is 0.681 bits per heavy atom. The molecule has 6 aromatic carbocycles. The Kier molecular flexibility index (Phi) is 7.78. The van der Waals surface area contributed by atoms with Gasteiger partial charge in [0.15, 0.2) is 12.2 Å². The van der Waals surface area contributed by atoms with Crippen LogP contribution in [0.15, 0.2) is 180 Å². The molecule has 0 unspecified atom stereocenters. The van der Waals surface area contributed by atoms with Crippen LogP contribution in [0.3, 0.4) is 0 Å². The summed E-state index contributed by atoms with van der Waals surface area (Å²) in [6, 6.07) is 57.3. The lowest BCUT2D eigenvalue weighted by molar-refractivity contribution is 0.197. The average molecular weight is 612 g/mol. The minimum atomic E-state index is -0.236. The summed E-state index contributed by atoms with van der Waals surface area (Å²) in [4.78, 5) is 10.4. The SMILES string of the molecule is c1ccc([C@@H]2N=C(c3ccccc3Nc3ccccc3C3=N[C@@H](c4ccccc4)[C@H](c4ccccc4)O3)O[C@H]2c2ccccc2)cc1. The lowest BCUT2D eigenvalue weighted by Gasteiger charge is -2.20. The fourth-order valence-electron chi connectivity index (χ4n) is 6.37. The van der Waals surface area contributed by atoms with Gasteiger partial charge in [-0.3, -0.25) is 0 Å². The maximum atomic E-state index is 6.70. The molecule has 5 heteroatoms. The van der Waals surface area contributed by atoms with E-state index in [4.69, 9.17) is 19.5 Å². The van der Waals surface area contributed by atoms with Crippen molar-refractivity contribution in [3.8, 4) is 0 Å². The summed E-state index contributed by atoms with van der Waals surface area (Å²) in [7, 11) is 0. The quantitative estimate of drug-likeness (QED) is 0.186. The maximum absolute atomic E-state index is 6.70. The van der Waals surface area contributed by atoms with Crippen molar-refractivity contribution in [2.45, 2.75) is 24.3 Å². The molecule has 0 aromatic heterocycles. The van der Waals surface area contributed by atoms with E-state index < -0.39 is 0 Å². The first-order valence-electron chi connectivity index (χ1n) is 16.0. The fourth-order valence-corrected chi connectivity index (χ4v) is 6.37. The molecule has 5 nitrogen and oxygen atoms in total. The third kappa shape index (κ3) is 5.80. The Morgan fingerprint density at radius 3 is 1.06 bits per heavy atom. The van der Waals surface area contributed by atoms with Gasteiger partial charge < -0.3 is 14.8 Å². The van der Waals surface area contributed by atoms with E-state index in [9.17, 15) is 0 Å². The van der Waals surface area contributed by atoms with Crippen molar-refractivity contribution in [2.24, 2.45) is 9.98 Å². The highest BCUT2D eigenvalue weighted by Gasteiger charge is 2.36. The molecule has 0 saturated heterocycles. The van der Waals surface area contributed by atoms with Gasteiger partial charge >= 0.3 is 0 Å². The van der Waals surface area contributed by atoms with Gasteiger partial charge in [0.05, 0.1) is 22.5 Å². The lowest BCUT2D eigenvalue weighted by Crippen LogP contribution is -2.12. The summed E-state index contributed by atoms with van der Waals surface area (Å²) in [6.45, 7) is 0. The van der Waals surface area contributed by atoms with E-state index in [1.165, 1.54) is 0 Å². The van der Waals surface area contributed by atoms with Gasteiger partial charge in [-0.15, -0.1) is 0 Å². The first-order chi connectivity index (χ1) is 23.3. The largest absolute Gasteiger partial charge is 0.467 e. The van der Waals surface area contributed by atoms with Crippen molar-refractivity contribution in [1.82, 2.24) is 0 Å². The molecule has 0 bridgehead atoms. The molecule has 0 amide bonds. The summed E-state index contributed by atoms with van der Waals surface area (Å²) in [5.41, 5.74) is 7.96. The maximum Gasteiger partial charge on any atom is 0.219 e. The summed E-state index contributed by atoms with van der Waals surface area (Å²) in [5, 5.41) is 3.69. The smallest absolute Gasteiger partial charge is 0.219 e. The number of benzene rings is 6. The molecule has 2 heterocycles. The van der Waals surface area contributed by atoms with E-state index in [0.29, 0.717) is 11.8 Å². The molecular weight excluding hydrogens is 578 g/mol. The summed E-state index contributed by atoms with van der Waals surface area (Å²) in [6.07, 6.45) is -0.472. The van der Waals surface area contributed by atoms with E-state index in [1.807, 2.05) is 72.8 Å². The van der Waals surface area contributed by atoms with Crippen LogP contribution in [-0.2, 0) is 9.47 Å². The zero-order valence-electron chi connectivity index (χ0n) is 25.7. The standard InChI is InChI=1S/C42H33N3O2/c1-5-17-29(18-6-1)37-39(31-21-9-3-10-22-31)46-41(44-37)33-25-13-15-27-35(33)43-36-28-16-14-26-34(36)42-45-38(30-19-7-2-8-20-30)40(47-42)32-23-11-4-12-24-32/h1-28,37-40,43H/t37-,38-,39-,40-/m0/s1. The number of rotatable bonds is 8. The van der Waals surface area contributed by atoms with Crippen LogP contribution in [0.2, 0.25) is 0 Å². The Bertz CT molecular complexity index is 1880. The van der Waals surface area contributed by atoms with Crippen molar-refractivity contribution in [2.75, 3.05) is 5.32 Å². The van der Waals surface area contributed by atoms with Gasteiger partial charge in [0, 0.05) is 0 Å². The molecule has 6 aromatic rings.